The maximum Gasteiger partial charge on any atom is 0.142 e. The summed E-state index contributed by atoms with van der Waals surface area (Å²) in [7, 11) is 0. The Kier molecular flexibility index (Phi) is 3.22. The van der Waals surface area contributed by atoms with Gasteiger partial charge in [0.1, 0.15) is 10.8 Å². The van der Waals surface area contributed by atoms with Crippen LogP contribution in [0.3, 0.4) is 0 Å². The first-order chi connectivity index (χ1) is 8.66. The molecule has 0 atom stereocenters. The molecule has 2 saturated carbocycles. The Morgan fingerprint density at radius 3 is 2.61 bits per heavy atom. The molecule has 4 heteroatoms. The zero-order valence-electron chi connectivity index (χ0n) is 11.4. The van der Waals surface area contributed by atoms with E-state index in [4.69, 9.17) is 5.73 Å². The van der Waals surface area contributed by atoms with Crippen molar-refractivity contribution in [2.45, 2.75) is 57.9 Å². The van der Waals surface area contributed by atoms with Crippen molar-refractivity contribution in [2.75, 3.05) is 17.2 Å². The number of nitrogen functional groups attached to an aromatic ring is 1. The Labute approximate surface area is 114 Å². The van der Waals surface area contributed by atoms with E-state index in [2.05, 4.69) is 23.1 Å². The Balaban J connectivity index is 1.80. The maximum atomic E-state index is 6.07. The molecule has 3 nitrogen and oxygen atoms in total. The molecule has 0 unspecified atom stereocenters. The summed E-state index contributed by atoms with van der Waals surface area (Å²) in [5, 5.41) is 1.39. The zero-order valence-corrected chi connectivity index (χ0v) is 12.2. The summed E-state index contributed by atoms with van der Waals surface area (Å²) >= 11 is 1.62. The Morgan fingerprint density at radius 2 is 2.06 bits per heavy atom. The Hall–Kier alpha value is -0.770. The first kappa shape index (κ1) is 12.3. The van der Waals surface area contributed by atoms with Gasteiger partial charge in [-0.25, -0.2) is 0 Å². The van der Waals surface area contributed by atoms with Gasteiger partial charge in [-0.3, -0.25) is 0 Å². The van der Waals surface area contributed by atoms with Gasteiger partial charge < -0.3 is 10.6 Å². The van der Waals surface area contributed by atoms with Crippen LogP contribution in [0.5, 0.6) is 0 Å². The molecule has 0 saturated heterocycles. The van der Waals surface area contributed by atoms with Gasteiger partial charge >= 0.3 is 0 Å². The number of nitrogens with zero attached hydrogens (tertiary/aromatic N) is 2. The van der Waals surface area contributed by atoms with E-state index in [0.717, 1.165) is 17.8 Å². The summed E-state index contributed by atoms with van der Waals surface area (Å²) in [6, 6.07) is 0.765. The van der Waals surface area contributed by atoms with Crippen molar-refractivity contribution in [1.82, 2.24) is 4.37 Å². The fraction of sp³-hybridized carbons (Fsp3) is 0.786. The zero-order chi connectivity index (χ0) is 12.7. The Morgan fingerprint density at radius 1 is 1.33 bits per heavy atom. The van der Waals surface area contributed by atoms with Gasteiger partial charge in [-0.2, -0.15) is 4.37 Å². The molecule has 18 heavy (non-hydrogen) atoms. The average molecular weight is 265 g/mol. The summed E-state index contributed by atoms with van der Waals surface area (Å²) in [6.07, 6.45) is 6.56. The molecule has 1 aromatic rings. The lowest BCUT2D eigenvalue weighted by atomic mass is 10.1. The molecule has 2 fully saturated rings. The van der Waals surface area contributed by atoms with E-state index in [1.54, 1.807) is 11.5 Å². The van der Waals surface area contributed by atoms with Crippen molar-refractivity contribution < 1.29 is 0 Å². The second kappa shape index (κ2) is 4.72. The van der Waals surface area contributed by atoms with Gasteiger partial charge in [0.25, 0.3) is 0 Å². The van der Waals surface area contributed by atoms with Crippen LogP contribution in [0.25, 0.3) is 0 Å². The van der Waals surface area contributed by atoms with E-state index in [0.29, 0.717) is 5.92 Å². The van der Waals surface area contributed by atoms with E-state index in [-0.39, 0.29) is 0 Å². The minimum absolute atomic E-state index is 0.707. The third-order valence-corrected chi connectivity index (χ3v) is 4.83. The second-order valence-corrected chi connectivity index (χ2v) is 6.92. The van der Waals surface area contributed by atoms with Gasteiger partial charge in [0.2, 0.25) is 0 Å². The van der Waals surface area contributed by atoms with Gasteiger partial charge in [-0.05, 0) is 55.5 Å². The molecule has 2 aliphatic rings. The number of rotatable bonds is 6. The molecule has 1 heterocycles. The van der Waals surface area contributed by atoms with Crippen molar-refractivity contribution in [3.05, 3.63) is 5.56 Å². The van der Waals surface area contributed by atoms with Crippen LogP contribution >= 0.6 is 11.5 Å². The van der Waals surface area contributed by atoms with Gasteiger partial charge in [0, 0.05) is 18.2 Å². The smallest absolute Gasteiger partial charge is 0.142 e. The van der Waals surface area contributed by atoms with Crippen LogP contribution in [-0.2, 0) is 0 Å². The van der Waals surface area contributed by atoms with Gasteiger partial charge in [-0.1, -0.05) is 13.8 Å². The standard InChI is InChI=1S/C14H23N3S/c1-9(2)7-8-17(11-5-6-11)14-12(10-3-4-10)13(15)16-18-14/h9-11H,3-8H2,1-2H3,(H2,15,16). The highest BCUT2D eigenvalue weighted by molar-refractivity contribution is 7.10. The molecule has 0 bridgehead atoms. The molecule has 0 radical (unpaired) electrons. The predicted molar refractivity (Wildman–Crippen MR) is 78.3 cm³/mol. The molecule has 1 aromatic heterocycles. The number of hydrogen-bond donors (Lipinski definition) is 1. The summed E-state index contributed by atoms with van der Waals surface area (Å²) in [6.45, 7) is 5.77. The highest BCUT2D eigenvalue weighted by Crippen LogP contribution is 2.50. The second-order valence-electron chi connectivity index (χ2n) is 6.17. The molecule has 100 valence electrons. The lowest BCUT2D eigenvalue weighted by molar-refractivity contribution is 0.571. The van der Waals surface area contributed by atoms with E-state index >= 15 is 0 Å². The molecule has 2 aliphatic carbocycles. The molecule has 2 N–H and O–H groups in total. The van der Waals surface area contributed by atoms with Crippen molar-refractivity contribution in [3.8, 4) is 0 Å². The summed E-state index contributed by atoms with van der Waals surface area (Å²) in [4.78, 5) is 2.60. The highest BCUT2D eigenvalue weighted by atomic mass is 32.1. The molecular weight excluding hydrogens is 242 g/mol. The summed E-state index contributed by atoms with van der Waals surface area (Å²) in [5.74, 6) is 2.27. The first-order valence-electron chi connectivity index (χ1n) is 7.18. The van der Waals surface area contributed by atoms with Gasteiger partial charge in [-0.15, -0.1) is 0 Å². The molecule has 0 aromatic carbocycles. The highest BCUT2D eigenvalue weighted by Gasteiger charge is 2.36. The number of aromatic nitrogens is 1. The third kappa shape index (κ3) is 2.48. The van der Waals surface area contributed by atoms with Crippen LogP contribution in [-0.4, -0.2) is 17.0 Å². The lowest BCUT2D eigenvalue weighted by Crippen LogP contribution is -2.27. The fourth-order valence-electron chi connectivity index (χ4n) is 2.50. The predicted octanol–water partition coefficient (Wildman–Crippen LogP) is 3.62. The molecular formula is C14H23N3S. The van der Waals surface area contributed by atoms with Crippen molar-refractivity contribution >= 4 is 22.4 Å². The largest absolute Gasteiger partial charge is 0.383 e. The van der Waals surface area contributed by atoms with E-state index in [1.807, 2.05) is 0 Å². The molecule has 0 aliphatic heterocycles. The van der Waals surface area contributed by atoms with Crippen LogP contribution in [0.4, 0.5) is 10.8 Å². The number of anilines is 2. The van der Waals surface area contributed by atoms with Crippen LogP contribution in [0, 0.1) is 5.92 Å². The van der Waals surface area contributed by atoms with Crippen LogP contribution in [0.2, 0.25) is 0 Å². The van der Waals surface area contributed by atoms with Crippen LogP contribution < -0.4 is 10.6 Å². The van der Waals surface area contributed by atoms with Crippen molar-refractivity contribution in [1.29, 1.82) is 0 Å². The maximum absolute atomic E-state index is 6.07. The van der Waals surface area contributed by atoms with Crippen molar-refractivity contribution in [2.24, 2.45) is 5.92 Å². The third-order valence-electron chi connectivity index (χ3n) is 3.92. The fourth-order valence-corrected chi connectivity index (χ4v) is 3.49. The van der Waals surface area contributed by atoms with Gasteiger partial charge in [0.05, 0.1) is 0 Å². The van der Waals surface area contributed by atoms with Crippen molar-refractivity contribution in [3.63, 3.8) is 0 Å². The normalized spacial score (nSPS) is 19.5. The van der Waals surface area contributed by atoms with E-state index < -0.39 is 0 Å². The van der Waals surface area contributed by atoms with Crippen LogP contribution in [0.1, 0.15) is 57.4 Å². The van der Waals surface area contributed by atoms with E-state index in [9.17, 15) is 0 Å². The minimum Gasteiger partial charge on any atom is -0.383 e. The average Bonchev–Trinajstić information content (AvgIpc) is 3.20. The monoisotopic (exact) mass is 265 g/mol. The SMILES string of the molecule is CC(C)CCN(c1snc(N)c1C1CC1)C1CC1. The summed E-state index contributed by atoms with van der Waals surface area (Å²) < 4.78 is 4.41. The Bertz CT molecular complexity index is 419. The minimum atomic E-state index is 0.707. The first-order valence-corrected chi connectivity index (χ1v) is 7.96. The van der Waals surface area contributed by atoms with Crippen LogP contribution in [0.15, 0.2) is 0 Å². The molecule has 0 spiro atoms. The topological polar surface area (TPSA) is 42.2 Å². The summed E-state index contributed by atoms with van der Waals surface area (Å²) in [5.41, 5.74) is 7.44. The molecule has 3 rings (SSSR count). The lowest BCUT2D eigenvalue weighted by Gasteiger charge is -2.25. The quantitative estimate of drug-likeness (QED) is 0.854. The number of hydrogen-bond acceptors (Lipinski definition) is 4. The van der Waals surface area contributed by atoms with E-state index in [1.165, 1.54) is 49.2 Å². The van der Waals surface area contributed by atoms with Gasteiger partial charge in [0.15, 0.2) is 0 Å². The molecule has 0 amide bonds. The number of nitrogens with two attached hydrogens (primary N) is 1.